The second kappa shape index (κ2) is 4.24. The second-order valence-electron chi connectivity index (χ2n) is 4.16. The summed E-state index contributed by atoms with van der Waals surface area (Å²) in [6.07, 6.45) is 0. The fourth-order valence-corrected chi connectivity index (χ4v) is 2.24. The highest BCUT2D eigenvalue weighted by Crippen LogP contribution is 2.28. The average molecular weight is 255 g/mol. The van der Waals surface area contributed by atoms with E-state index >= 15 is 0 Å². The fourth-order valence-electron chi connectivity index (χ4n) is 2.24. The third kappa shape index (κ3) is 1.69. The molecule has 94 valence electrons. The Morgan fingerprint density at radius 1 is 1.00 bits per heavy atom. The normalized spacial score (nSPS) is 10.8. The molecule has 4 heteroatoms. The molecule has 0 fully saturated rings. The van der Waals surface area contributed by atoms with Gasteiger partial charge in [0, 0.05) is 11.1 Å². The van der Waals surface area contributed by atoms with Crippen LogP contribution in [0.25, 0.3) is 16.6 Å². The number of aromatic nitrogens is 1. The quantitative estimate of drug-likeness (QED) is 0.761. The number of carbonyl (C=O) groups is 1. The number of para-hydroxylation sites is 2. The molecule has 0 aliphatic rings. The smallest absolute Gasteiger partial charge is 0.356 e. The topological polar surface area (TPSA) is 42.2 Å². The Balaban J connectivity index is 2.46. The van der Waals surface area contributed by atoms with Gasteiger partial charge in [0.25, 0.3) is 0 Å². The Bertz CT molecular complexity index is 762. The van der Waals surface area contributed by atoms with Crippen LogP contribution in [0.1, 0.15) is 10.5 Å². The predicted molar refractivity (Wildman–Crippen MR) is 70.2 cm³/mol. The van der Waals surface area contributed by atoms with Crippen LogP contribution >= 0.6 is 0 Å². The third-order valence-corrected chi connectivity index (χ3v) is 3.03. The van der Waals surface area contributed by atoms with Gasteiger partial charge in [-0.15, -0.1) is 0 Å². The molecule has 0 unspecified atom stereocenters. The van der Waals surface area contributed by atoms with Crippen molar-refractivity contribution < 1.29 is 14.3 Å². The summed E-state index contributed by atoms with van der Waals surface area (Å²) in [6.45, 7) is 0. The van der Waals surface area contributed by atoms with Crippen LogP contribution in [0.4, 0.5) is 4.39 Å². The molecule has 0 atom stereocenters. The van der Waals surface area contributed by atoms with Crippen molar-refractivity contribution in [3.63, 3.8) is 0 Å². The van der Waals surface area contributed by atoms with Crippen LogP contribution in [0, 0.1) is 5.82 Å². The van der Waals surface area contributed by atoms with Gasteiger partial charge in [-0.05, 0) is 24.3 Å². The number of hydrogen-bond acceptors (Lipinski definition) is 1. The number of aromatic carboxylic acids is 1. The zero-order valence-electron chi connectivity index (χ0n) is 9.88. The maximum atomic E-state index is 14.2. The number of benzene rings is 2. The summed E-state index contributed by atoms with van der Waals surface area (Å²) in [6, 6.07) is 15.6. The minimum atomic E-state index is -1.28. The van der Waals surface area contributed by atoms with Crippen LogP contribution in [-0.4, -0.2) is 15.6 Å². The molecule has 3 rings (SSSR count). The molecule has 0 aliphatic heterocycles. The van der Waals surface area contributed by atoms with E-state index in [0.717, 1.165) is 0 Å². The number of carboxylic acid groups (broad SMARTS) is 1. The van der Waals surface area contributed by atoms with Crippen molar-refractivity contribution in [1.29, 1.82) is 0 Å². The number of fused-ring (bicyclic) bond motifs is 1. The summed E-state index contributed by atoms with van der Waals surface area (Å²) < 4.78 is 15.6. The molecule has 19 heavy (non-hydrogen) atoms. The molecule has 0 bridgehead atoms. The van der Waals surface area contributed by atoms with Crippen molar-refractivity contribution in [2.75, 3.05) is 0 Å². The summed E-state index contributed by atoms with van der Waals surface area (Å²) in [5.74, 6) is -1.98. The Morgan fingerprint density at radius 2 is 1.63 bits per heavy atom. The van der Waals surface area contributed by atoms with Crippen LogP contribution in [0.5, 0.6) is 0 Å². The van der Waals surface area contributed by atoms with Gasteiger partial charge in [0.1, 0.15) is 0 Å². The van der Waals surface area contributed by atoms with E-state index in [1.165, 1.54) is 4.57 Å². The first kappa shape index (κ1) is 11.5. The van der Waals surface area contributed by atoms with E-state index in [1.807, 2.05) is 6.07 Å². The highest BCUT2D eigenvalue weighted by molar-refractivity contribution is 5.96. The van der Waals surface area contributed by atoms with E-state index in [-0.39, 0.29) is 5.69 Å². The number of rotatable bonds is 2. The molecular formula is C15H10FNO2. The minimum Gasteiger partial charge on any atom is -0.476 e. The Kier molecular flexibility index (Phi) is 2.56. The van der Waals surface area contributed by atoms with Crippen LogP contribution in [0.15, 0.2) is 54.6 Å². The van der Waals surface area contributed by atoms with E-state index in [0.29, 0.717) is 16.6 Å². The molecule has 0 spiro atoms. The second-order valence-corrected chi connectivity index (χ2v) is 4.16. The van der Waals surface area contributed by atoms with Crippen molar-refractivity contribution >= 4 is 16.9 Å². The molecule has 3 nitrogen and oxygen atoms in total. The zero-order valence-corrected chi connectivity index (χ0v) is 9.88. The van der Waals surface area contributed by atoms with Gasteiger partial charge in [-0.1, -0.05) is 30.3 Å². The highest BCUT2D eigenvalue weighted by Gasteiger charge is 2.23. The van der Waals surface area contributed by atoms with E-state index < -0.39 is 11.8 Å². The zero-order chi connectivity index (χ0) is 13.4. The summed E-state index contributed by atoms with van der Waals surface area (Å²) in [4.78, 5) is 11.3. The van der Waals surface area contributed by atoms with Crippen LogP contribution in [0.2, 0.25) is 0 Å². The van der Waals surface area contributed by atoms with E-state index in [2.05, 4.69) is 0 Å². The molecule has 0 saturated carbocycles. The lowest BCUT2D eigenvalue weighted by Crippen LogP contribution is -2.08. The molecule has 1 N–H and O–H groups in total. The SMILES string of the molecule is O=C(O)c1c(F)c2ccccc2n1-c1ccccc1. The molecular weight excluding hydrogens is 245 g/mol. The molecule has 3 aromatic rings. The Labute approximate surface area is 108 Å². The number of halogens is 1. The van der Waals surface area contributed by atoms with E-state index in [9.17, 15) is 14.3 Å². The van der Waals surface area contributed by atoms with Crippen molar-refractivity contribution in [1.82, 2.24) is 4.57 Å². The fraction of sp³-hybridized carbons (Fsp3) is 0. The molecule has 0 radical (unpaired) electrons. The van der Waals surface area contributed by atoms with Gasteiger partial charge in [0.15, 0.2) is 11.5 Å². The summed E-state index contributed by atoms with van der Waals surface area (Å²) >= 11 is 0. The Hall–Kier alpha value is -2.62. The van der Waals surface area contributed by atoms with Crippen LogP contribution in [-0.2, 0) is 0 Å². The van der Waals surface area contributed by atoms with Crippen LogP contribution < -0.4 is 0 Å². The van der Waals surface area contributed by atoms with Gasteiger partial charge >= 0.3 is 5.97 Å². The number of nitrogens with zero attached hydrogens (tertiary/aromatic N) is 1. The van der Waals surface area contributed by atoms with Crippen molar-refractivity contribution in [3.05, 3.63) is 66.1 Å². The van der Waals surface area contributed by atoms with E-state index in [4.69, 9.17) is 0 Å². The molecule has 1 aromatic heterocycles. The molecule has 0 amide bonds. The first-order chi connectivity index (χ1) is 9.20. The highest BCUT2D eigenvalue weighted by atomic mass is 19.1. The maximum absolute atomic E-state index is 14.2. The largest absolute Gasteiger partial charge is 0.476 e. The van der Waals surface area contributed by atoms with Gasteiger partial charge in [0.05, 0.1) is 5.52 Å². The van der Waals surface area contributed by atoms with Crippen molar-refractivity contribution in [2.45, 2.75) is 0 Å². The van der Waals surface area contributed by atoms with Gasteiger partial charge in [-0.3, -0.25) is 0 Å². The van der Waals surface area contributed by atoms with Gasteiger partial charge in [-0.25, -0.2) is 9.18 Å². The maximum Gasteiger partial charge on any atom is 0.356 e. The lowest BCUT2D eigenvalue weighted by molar-refractivity contribution is 0.0683. The first-order valence-electron chi connectivity index (χ1n) is 5.78. The van der Waals surface area contributed by atoms with Crippen LogP contribution in [0.3, 0.4) is 0 Å². The van der Waals surface area contributed by atoms with Gasteiger partial charge in [0.2, 0.25) is 0 Å². The molecule has 1 heterocycles. The van der Waals surface area contributed by atoms with Gasteiger partial charge < -0.3 is 9.67 Å². The number of carboxylic acids is 1. The predicted octanol–water partition coefficient (Wildman–Crippen LogP) is 3.47. The van der Waals surface area contributed by atoms with E-state index in [1.54, 1.807) is 48.5 Å². The lowest BCUT2D eigenvalue weighted by atomic mass is 10.2. The monoisotopic (exact) mass is 255 g/mol. The van der Waals surface area contributed by atoms with Crippen molar-refractivity contribution in [3.8, 4) is 5.69 Å². The first-order valence-corrected chi connectivity index (χ1v) is 5.78. The number of hydrogen-bond donors (Lipinski definition) is 1. The molecule has 2 aromatic carbocycles. The molecule has 0 saturated heterocycles. The Morgan fingerprint density at radius 3 is 2.32 bits per heavy atom. The van der Waals surface area contributed by atoms with Crippen molar-refractivity contribution in [2.24, 2.45) is 0 Å². The van der Waals surface area contributed by atoms with Gasteiger partial charge in [-0.2, -0.15) is 0 Å². The third-order valence-electron chi connectivity index (χ3n) is 3.03. The average Bonchev–Trinajstić information content (AvgIpc) is 2.74. The minimum absolute atomic E-state index is 0.309. The molecule has 0 aliphatic carbocycles. The lowest BCUT2D eigenvalue weighted by Gasteiger charge is -2.07. The summed E-state index contributed by atoms with van der Waals surface area (Å²) in [5.41, 5.74) is 0.830. The summed E-state index contributed by atoms with van der Waals surface area (Å²) in [7, 11) is 0. The standard InChI is InChI=1S/C15H10FNO2/c16-13-11-8-4-5-9-12(11)17(14(13)15(18)19)10-6-2-1-3-7-10/h1-9H,(H,18,19). The summed E-state index contributed by atoms with van der Waals surface area (Å²) in [5, 5.41) is 9.56.